The largest absolute Gasteiger partial charge is 0.497 e. The molecule has 1 aromatic carbocycles. The Morgan fingerprint density at radius 3 is 2.50 bits per heavy atom. The molecule has 0 amide bonds. The highest BCUT2D eigenvalue weighted by Gasteiger charge is 2.07. The molecule has 74 valence electrons. The number of hydrogen-bond acceptors (Lipinski definition) is 2. The van der Waals surface area contributed by atoms with Gasteiger partial charge in [-0.3, -0.25) is 0 Å². The predicted molar refractivity (Wildman–Crippen MR) is 56.6 cm³/mol. The summed E-state index contributed by atoms with van der Waals surface area (Å²) in [4.78, 5) is 10.8. The Balaban J connectivity index is 2.82. The molecule has 0 spiro atoms. The van der Waals surface area contributed by atoms with Gasteiger partial charge >= 0.3 is 0 Å². The zero-order valence-corrected chi connectivity index (χ0v) is 8.27. The molecule has 1 rings (SSSR count). The van der Waals surface area contributed by atoms with Gasteiger partial charge in [0.15, 0.2) is 0 Å². The summed E-state index contributed by atoms with van der Waals surface area (Å²) in [6, 6.07) is 7.52. The van der Waals surface area contributed by atoms with E-state index in [-0.39, 0.29) is 5.92 Å². The molecule has 0 saturated heterocycles. The zero-order chi connectivity index (χ0) is 10.4. The lowest BCUT2D eigenvalue weighted by Crippen LogP contribution is -1.98. The van der Waals surface area contributed by atoms with E-state index in [9.17, 15) is 4.79 Å². The number of carbonyl (C=O) groups is 1. The predicted octanol–water partition coefficient (Wildman–Crippen LogP) is 2.55. The van der Waals surface area contributed by atoms with Crippen LogP contribution in [0.5, 0.6) is 5.75 Å². The first-order valence-corrected chi connectivity index (χ1v) is 4.52. The van der Waals surface area contributed by atoms with Crippen LogP contribution in [0, 0.1) is 0 Å². The van der Waals surface area contributed by atoms with Crippen molar-refractivity contribution in [3.05, 3.63) is 42.5 Å². The minimum Gasteiger partial charge on any atom is -0.497 e. The summed E-state index contributed by atoms with van der Waals surface area (Å²) in [5, 5.41) is 0. The van der Waals surface area contributed by atoms with Crippen molar-refractivity contribution in [3.63, 3.8) is 0 Å². The van der Waals surface area contributed by atoms with Gasteiger partial charge in [-0.25, -0.2) is 0 Å². The molecule has 0 N–H and O–H groups in total. The van der Waals surface area contributed by atoms with Gasteiger partial charge in [-0.15, -0.1) is 6.58 Å². The molecule has 1 aromatic rings. The SMILES string of the molecule is C=CC[C@H](C=O)c1ccc(OC)cc1. The highest BCUT2D eigenvalue weighted by Crippen LogP contribution is 2.20. The van der Waals surface area contributed by atoms with Crippen molar-refractivity contribution >= 4 is 6.29 Å². The van der Waals surface area contributed by atoms with Gasteiger partial charge in [0.1, 0.15) is 12.0 Å². The molecule has 0 bridgehead atoms. The smallest absolute Gasteiger partial charge is 0.127 e. The Kier molecular flexibility index (Phi) is 3.92. The highest BCUT2D eigenvalue weighted by atomic mass is 16.5. The number of methoxy groups -OCH3 is 1. The average Bonchev–Trinajstić information content (AvgIpc) is 2.26. The lowest BCUT2D eigenvalue weighted by atomic mass is 9.97. The summed E-state index contributed by atoms with van der Waals surface area (Å²) in [6.45, 7) is 3.62. The molecule has 2 heteroatoms. The monoisotopic (exact) mass is 190 g/mol. The number of aldehydes is 1. The van der Waals surface area contributed by atoms with Crippen LogP contribution in [0.2, 0.25) is 0 Å². The van der Waals surface area contributed by atoms with Crippen LogP contribution in [0.25, 0.3) is 0 Å². The second-order valence-corrected chi connectivity index (χ2v) is 3.04. The molecular weight excluding hydrogens is 176 g/mol. The van der Waals surface area contributed by atoms with Gasteiger partial charge in [0.05, 0.1) is 7.11 Å². The third-order valence-electron chi connectivity index (χ3n) is 2.13. The van der Waals surface area contributed by atoms with E-state index in [4.69, 9.17) is 4.74 Å². The highest BCUT2D eigenvalue weighted by molar-refractivity contribution is 5.62. The average molecular weight is 190 g/mol. The van der Waals surface area contributed by atoms with Crippen molar-refractivity contribution < 1.29 is 9.53 Å². The van der Waals surface area contributed by atoms with Crippen LogP contribution in [0.1, 0.15) is 17.9 Å². The Labute approximate surface area is 84.2 Å². The fourth-order valence-corrected chi connectivity index (χ4v) is 1.30. The summed E-state index contributed by atoms with van der Waals surface area (Å²) in [6.07, 6.45) is 3.38. The quantitative estimate of drug-likeness (QED) is 0.527. The number of carbonyl (C=O) groups excluding carboxylic acids is 1. The van der Waals surface area contributed by atoms with Crippen molar-refractivity contribution in [2.45, 2.75) is 12.3 Å². The first kappa shape index (κ1) is 10.5. The summed E-state index contributed by atoms with van der Waals surface area (Å²) in [7, 11) is 1.62. The molecule has 0 unspecified atom stereocenters. The number of hydrogen-bond donors (Lipinski definition) is 0. The number of benzene rings is 1. The molecule has 0 saturated carbocycles. The molecule has 0 heterocycles. The van der Waals surface area contributed by atoms with E-state index >= 15 is 0 Å². The van der Waals surface area contributed by atoms with E-state index in [1.165, 1.54) is 0 Å². The molecule has 0 fully saturated rings. The molecule has 0 aliphatic carbocycles. The number of allylic oxidation sites excluding steroid dienone is 1. The summed E-state index contributed by atoms with van der Waals surface area (Å²) in [5.41, 5.74) is 1.00. The second kappa shape index (κ2) is 5.22. The van der Waals surface area contributed by atoms with Gasteiger partial charge in [0.25, 0.3) is 0 Å². The maximum atomic E-state index is 10.8. The third-order valence-corrected chi connectivity index (χ3v) is 2.13. The minimum absolute atomic E-state index is 0.0848. The minimum atomic E-state index is -0.0848. The molecule has 2 nitrogen and oxygen atoms in total. The van der Waals surface area contributed by atoms with Crippen LogP contribution in [0.3, 0.4) is 0 Å². The van der Waals surface area contributed by atoms with Gasteiger partial charge in [0.2, 0.25) is 0 Å². The topological polar surface area (TPSA) is 26.3 Å². The third kappa shape index (κ3) is 2.46. The van der Waals surface area contributed by atoms with Crippen molar-refractivity contribution in [1.29, 1.82) is 0 Å². The normalized spacial score (nSPS) is 11.8. The van der Waals surface area contributed by atoms with Gasteiger partial charge in [0, 0.05) is 5.92 Å². The fourth-order valence-electron chi connectivity index (χ4n) is 1.30. The van der Waals surface area contributed by atoms with Gasteiger partial charge in [-0.1, -0.05) is 18.2 Å². The first-order valence-electron chi connectivity index (χ1n) is 4.52. The lowest BCUT2D eigenvalue weighted by Gasteiger charge is -2.08. The first-order chi connectivity index (χ1) is 6.81. The Morgan fingerprint density at radius 2 is 2.07 bits per heavy atom. The summed E-state index contributed by atoms with van der Waals surface area (Å²) >= 11 is 0. The zero-order valence-electron chi connectivity index (χ0n) is 8.27. The van der Waals surface area contributed by atoms with Crippen molar-refractivity contribution in [2.75, 3.05) is 7.11 Å². The van der Waals surface area contributed by atoms with E-state index in [1.54, 1.807) is 13.2 Å². The van der Waals surface area contributed by atoms with Crippen molar-refractivity contribution in [3.8, 4) is 5.75 Å². The van der Waals surface area contributed by atoms with Crippen molar-refractivity contribution in [1.82, 2.24) is 0 Å². The van der Waals surface area contributed by atoms with E-state index in [2.05, 4.69) is 6.58 Å². The maximum absolute atomic E-state index is 10.8. The van der Waals surface area contributed by atoms with Crippen LogP contribution in [-0.4, -0.2) is 13.4 Å². The Bertz CT molecular complexity index is 301. The van der Waals surface area contributed by atoms with Crippen LogP contribution in [0.4, 0.5) is 0 Å². The Morgan fingerprint density at radius 1 is 1.43 bits per heavy atom. The van der Waals surface area contributed by atoms with Gasteiger partial charge in [-0.2, -0.15) is 0 Å². The van der Waals surface area contributed by atoms with E-state index in [1.807, 2.05) is 24.3 Å². The number of ether oxygens (including phenoxy) is 1. The van der Waals surface area contributed by atoms with Crippen LogP contribution in [-0.2, 0) is 4.79 Å². The van der Waals surface area contributed by atoms with E-state index < -0.39 is 0 Å². The molecule has 14 heavy (non-hydrogen) atoms. The molecular formula is C12H14O2. The molecule has 1 atom stereocenters. The van der Waals surface area contributed by atoms with Gasteiger partial charge < -0.3 is 9.53 Å². The Hall–Kier alpha value is -1.57. The fraction of sp³-hybridized carbons (Fsp3) is 0.250. The van der Waals surface area contributed by atoms with Crippen molar-refractivity contribution in [2.24, 2.45) is 0 Å². The van der Waals surface area contributed by atoms with Gasteiger partial charge in [-0.05, 0) is 24.1 Å². The maximum Gasteiger partial charge on any atom is 0.127 e. The molecule has 0 aromatic heterocycles. The standard InChI is InChI=1S/C12H14O2/c1-3-4-11(9-13)10-5-7-12(14-2)8-6-10/h3,5-9,11H,1,4H2,2H3/t11-/m1/s1. The molecule has 0 aliphatic heterocycles. The van der Waals surface area contributed by atoms with E-state index in [0.717, 1.165) is 17.6 Å². The van der Waals surface area contributed by atoms with Crippen LogP contribution in [0.15, 0.2) is 36.9 Å². The molecule has 0 aliphatic rings. The van der Waals surface area contributed by atoms with Crippen LogP contribution >= 0.6 is 0 Å². The second-order valence-electron chi connectivity index (χ2n) is 3.04. The summed E-state index contributed by atoms with van der Waals surface area (Å²) < 4.78 is 5.03. The number of rotatable bonds is 5. The van der Waals surface area contributed by atoms with Crippen LogP contribution < -0.4 is 4.74 Å². The molecule has 0 radical (unpaired) electrons. The van der Waals surface area contributed by atoms with E-state index in [0.29, 0.717) is 6.42 Å². The lowest BCUT2D eigenvalue weighted by molar-refractivity contribution is -0.109. The summed E-state index contributed by atoms with van der Waals surface area (Å²) in [5.74, 6) is 0.718.